The Labute approximate surface area is 173 Å². The van der Waals surface area contributed by atoms with Gasteiger partial charge in [0.1, 0.15) is 4.83 Å². The largest absolute Gasteiger partial charge is 0.375 e. The zero-order valence-corrected chi connectivity index (χ0v) is 17.8. The minimum atomic E-state index is -0.00838. The van der Waals surface area contributed by atoms with Gasteiger partial charge in [-0.25, -0.2) is 4.98 Å². The summed E-state index contributed by atoms with van der Waals surface area (Å²) >= 11 is 3.12. The van der Waals surface area contributed by atoms with Crippen molar-refractivity contribution in [3.8, 4) is 5.69 Å². The predicted octanol–water partition coefficient (Wildman–Crippen LogP) is 3.90. The van der Waals surface area contributed by atoms with Gasteiger partial charge in [-0.2, -0.15) is 0 Å². The van der Waals surface area contributed by atoms with E-state index in [-0.39, 0.29) is 11.7 Å². The molecule has 4 rings (SSSR count). The van der Waals surface area contributed by atoms with E-state index < -0.39 is 0 Å². The number of para-hydroxylation sites is 1. The van der Waals surface area contributed by atoms with Crippen LogP contribution in [0.3, 0.4) is 0 Å². The number of hydrogen-bond acceptors (Lipinski definition) is 6. The van der Waals surface area contributed by atoms with E-state index in [0.29, 0.717) is 11.3 Å². The molecule has 3 aromatic rings. The Morgan fingerprint density at radius 3 is 2.89 bits per heavy atom. The van der Waals surface area contributed by atoms with Crippen LogP contribution in [0.1, 0.15) is 13.8 Å². The third-order valence-electron chi connectivity index (χ3n) is 4.73. The van der Waals surface area contributed by atoms with E-state index >= 15 is 0 Å². The number of rotatable bonds is 6. The highest BCUT2D eigenvalue weighted by Gasteiger charge is 2.22. The first kappa shape index (κ1) is 19.6. The maximum atomic E-state index is 13.1. The molecule has 0 bridgehead atoms. The number of morpholine rings is 1. The lowest BCUT2D eigenvalue weighted by Gasteiger charge is -2.33. The predicted molar refractivity (Wildman–Crippen MR) is 117 cm³/mol. The molecule has 28 heavy (non-hydrogen) atoms. The molecule has 148 valence electrons. The van der Waals surface area contributed by atoms with Gasteiger partial charge in [-0.15, -0.1) is 11.3 Å². The number of thiophene rings is 1. The van der Waals surface area contributed by atoms with Crippen molar-refractivity contribution in [3.05, 3.63) is 52.1 Å². The van der Waals surface area contributed by atoms with Gasteiger partial charge in [0.05, 0.1) is 23.8 Å². The Morgan fingerprint density at radius 1 is 1.29 bits per heavy atom. The molecule has 0 saturated carbocycles. The van der Waals surface area contributed by atoms with Gasteiger partial charge in [0.2, 0.25) is 0 Å². The van der Waals surface area contributed by atoms with Gasteiger partial charge in [0.15, 0.2) is 5.16 Å². The van der Waals surface area contributed by atoms with Crippen LogP contribution < -0.4 is 5.56 Å². The smallest absolute Gasteiger partial charge is 0.267 e. The number of fused-ring (bicyclic) bond motifs is 1. The summed E-state index contributed by atoms with van der Waals surface area (Å²) in [5.74, 6) is 1.43. The van der Waals surface area contributed by atoms with E-state index in [9.17, 15) is 4.79 Å². The number of ether oxygens (including phenoxy) is 1. The van der Waals surface area contributed by atoms with Crippen LogP contribution in [0.25, 0.3) is 15.9 Å². The summed E-state index contributed by atoms with van der Waals surface area (Å²) in [5.41, 5.74) is 0.840. The lowest BCUT2D eigenvalue weighted by atomic mass is 10.2. The molecule has 0 amide bonds. The summed E-state index contributed by atoms with van der Waals surface area (Å²) < 4.78 is 7.72. The second-order valence-electron chi connectivity index (χ2n) is 7.47. The molecule has 1 fully saturated rings. The average molecular weight is 416 g/mol. The fourth-order valence-corrected chi connectivity index (χ4v) is 5.35. The monoisotopic (exact) mass is 415 g/mol. The zero-order chi connectivity index (χ0) is 19.5. The first-order valence-electron chi connectivity index (χ1n) is 9.64. The molecule has 0 unspecified atom stereocenters. The molecule has 2 aromatic heterocycles. The Hall–Kier alpha value is -1.67. The molecule has 5 nitrogen and oxygen atoms in total. The zero-order valence-electron chi connectivity index (χ0n) is 16.2. The molecular formula is C21H25N3O2S2. The summed E-state index contributed by atoms with van der Waals surface area (Å²) in [4.78, 5) is 21.2. The van der Waals surface area contributed by atoms with Crippen molar-refractivity contribution >= 4 is 33.3 Å². The maximum Gasteiger partial charge on any atom is 0.267 e. The minimum Gasteiger partial charge on any atom is -0.375 e. The van der Waals surface area contributed by atoms with Gasteiger partial charge in [-0.05, 0) is 29.5 Å². The lowest BCUT2D eigenvalue weighted by molar-refractivity contribution is -0.0191. The number of nitrogens with zero attached hydrogens (tertiary/aromatic N) is 3. The fourth-order valence-electron chi connectivity index (χ4n) is 3.53. The molecule has 0 aliphatic carbocycles. The highest BCUT2D eigenvalue weighted by molar-refractivity contribution is 7.99. The summed E-state index contributed by atoms with van der Waals surface area (Å²) in [7, 11) is 0. The van der Waals surface area contributed by atoms with Gasteiger partial charge in [-0.3, -0.25) is 14.3 Å². The van der Waals surface area contributed by atoms with Crippen LogP contribution in [0, 0.1) is 5.92 Å². The first-order chi connectivity index (χ1) is 13.6. The lowest BCUT2D eigenvalue weighted by Crippen LogP contribution is -2.44. The Bertz CT molecular complexity index is 984. The summed E-state index contributed by atoms with van der Waals surface area (Å²) in [6, 6.07) is 11.6. The second kappa shape index (κ2) is 8.78. The van der Waals surface area contributed by atoms with Crippen LogP contribution >= 0.6 is 23.1 Å². The Morgan fingerprint density at radius 2 is 2.11 bits per heavy atom. The van der Waals surface area contributed by atoms with Crippen molar-refractivity contribution < 1.29 is 4.74 Å². The molecule has 1 aliphatic heterocycles. The van der Waals surface area contributed by atoms with Crippen molar-refractivity contribution in [1.29, 1.82) is 0 Å². The van der Waals surface area contributed by atoms with Gasteiger partial charge in [-0.1, -0.05) is 43.8 Å². The topological polar surface area (TPSA) is 47.4 Å². The van der Waals surface area contributed by atoms with Gasteiger partial charge in [0.25, 0.3) is 5.56 Å². The fraction of sp³-hybridized carbons (Fsp3) is 0.429. The molecular weight excluding hydrogens is 390 g/mol. The van der Waals surface area contributed by atoms with E-state index in [4.69, 9.17) is 9.72 Å². The molecule has 0 spiro atoms. The van der Waals surface area contributed by atoms with Crippen LogP contribution in [0.15, 0.2) is 51.7 Å². The Balaban J connectivity index is 1.59. The Kier molecular flexibility index (Phi) is 6.16. The molecule has 0 radical (unpaired) electrons. The number of benzene rings is 1. The van der Waals surface area contributed by atoms with Crippen molar-refractivity contribution in [2.45, 2.75) is 25.1 Å². The highest BCUT2D eigenvalue weighted by Crippen LogP contribution is 2.25. The molecule has 1 aromatic carbocycles. The molecule has 1 atom stereocenters. The summed E-state index contributed by atoms with van der Waals surface area (Å²) in [6.45, 7) is 8.28. The van der Waals surface area contributed by atoms with Crippen molar-refractivity contribution in [2.24, 2.45) is 5.92 Å². The third-order valence-corrected chi connectivity index (χ3v) is 6.60. The maximum absolute atomic E-state index is 13.1. The SMILES string of the molecule is CC(C)CN1CCO[C@H](CSc2nc3sccc3c(=O)n2-c2ccccc2)C1. The van der Waals surface area contributed by atoms with Crippen LogP contribution in [0.5, 0.6) is 0 Å². The van der Waals surface area contributed by atoms with Crippen molar-refractivity contribution in [3.63, 3.8) is 0 Å². The van der Waals surface area contributed by atoms with Crippen LogP contribution in [-0.4, -0.2) is 52.5 Å². The molecule has 7 heteroatoms. The minimum absolute atomic E-state index is 0.00838. The van der Waals surface area contributed by atoms with E-state index in [2.05, 4.69) is 18.7 Å². The summed E-state index contributed by atoms with van der Waals surface area (Å²) in [5, 5.41) is 3.34. The van der Waals surface area contributed by atoms with E-state index in [0.717, 1.165) is 47.7 Å². The molecule has 0 N–H and O–H groups in total. The molecule has 1 saturated heterocycles. The van der Waals surface area contributed by atoms with Gasteiger partial charge in [0, 0.05) is 25.4 Å². The molecule has 3 heterocycles. The summed E-state index contributed by atoms with van der Waals surface area (Å²) in [6.07, 6.45) is 0.151. The van der Waals surface area contributed by atoms with Gasteiger partial charge >= 0.3 is 0 Å². The van der Waals surface area contributed by atoms with Crippen LogP contribution in [-0.2, 0) is 4.74 Å². The highest BCUT2D eigenvalue weighted by atomic mass is 32.2. The quantitative estimate of drug-likeness (QED) is 0.451. The van der Waals surface area contributed by atoms with E-state index in [1.54, 1.807) is 16.3 Å². The van der Waals surface area contributed by atoms with E-state index in [1.165, 1.54) is 11.3 Å². The van der Waals surface area contributed by atoms with Crippen molar-refractivity contribution in [1.82, 2.24) is 14.5 Å². The number of aromatic nitrogens is 2. The first-order valence-corrected chi connectivity index (χ1v) is 11.5. The van der Waals surface area contributed by atoms with Crippen LogP contribution in [0.4, 0.5) is 0 Å². The number of hydrogen-bond donors (Lipinski definition) is 0. The van der Waals surface area contributed by atoms with E-state index in [1.807, 2.05) is 41.8 Å². The molecule has 1 aliphatic rings. The van der Waals surface area contributed by atoms with Crippen LogP contribution in [0.2, 0.25) is 0 Å². The van der Waals surface area contributed by atoms with Crippen molar-refractivity contribution in [2.75, 3.05) is 32.0 Å². The average Bonchev–Trinajstić information content (AvgIpc) is 3.16. The number of thioether (sulfide) groups is 1. The normalized spacial score (nSPS) is 18.2. The van der Waals surface area contributed by atoms with Gasteiger partial charge < -0.3 is 4.74 Å². The third kappa shape index (κ3) is 4.33. The standard InChI is InChI=1S/C21H25N3O2S2/c1-15(2)12-23-9-10-26-17(13-23)14-28-21-22-19-18(8-11-27-19)20(25)24(21)16-6-4-3-5-7-16/h3-8,11,15,17H,9-10,12-14H2,1-2H3/t17-/m0/s1. The second-order valence-corrected chi connectivity index (χ2v) is 9.35.